The molecule has 0 aliphatic rings. The van der Waals surface area contributed by atoms with E-state index in [9.17, 15) is 5.11 Å². The van der Waals surface area contributed by atoms with Crippen LogP contribution in [0.25, 0.3) is 0 Å². The van der Waals surface area contributed by atoms with Crippen LogP contribution in [0.5, 0.6) is 0 Å². The molecule has 0 aromatic heterocycles. The zero-order valence-electron chi connectivity index (χ0n) is 14.7. The van der Waals surface area contributed by atoms with Crippen molar-refractivity contribution >= 4 is 19.9 Å². The highest BCUT2D eigenvalue weighted by Gasteiger charge is 2.36. The molecule has 1 radical (unpaired) electrons. The number of aliphatic hydroxyl groups excluding tert-OH is 1. The van der Waals surface area contributed by atoms with Crippen molar-refractivity contribution < 1.29 is 14.6 Å². The molecule has 1 N–H and O–H groups in total. The van der Waals surface area contributed by atoms with E-state index >= 15 is 0 Å². The summed E-state index contributed by atoms with van der Waals surface area (Å²) >= 11 is 4.64. The minimum Gasteiger partial charge on any atom is -0.402 e. The largest absolute Gasteiger partial charge is 0.402 e. The third kappa shape index (κ3) is 7.92. The molecule has 0 aliphatic heterocycles. The molecule has 0 rings (SSSR count). The molecule has 3 nitrogen and oxygen atoms in total. The summed E-state index contributed by atoms with van der Waals surface area (Å²) in [5.41, 5.74) is 0. The molecule has 5 heteroatoms. The van der Waals surface area contributed by atoms with E-state index < -0.39 is 6.00 Å². The maximum atomic E-state index is 10.3. The van der Waals surface area contributed by atoms with Crippen molar-refractivity contribution in [1.82, 2.24) is 0 Å². The van der Waals surface area contributed by atoms with Gasteiger partial charge in [-0.1, -0.05) is 20.7 Å². The van der Waals surface area contributed by atoms with Crippen molar-refractivity contribution in [2.45, 2.75) is 84.4 Å². The van der Waals surface area contributed by atoms with E-state index in [4.69, 9.17) is 9.47 Å². The fourth-order valence-corrected chi connectivity index (χ4v) is 2.82. The average Bonchev–Trinajstić information content (AvgIpc) is 2.37. The Balaban J connectivity index is 5.19. The number of aliphatic hydroxyl groups is 1. The fraction of sp³-hybridized carbons (Fsp3) is 1.00. The van der Waals surface area contributed by atoms with E-state index in [0.717, 1.165) is 6.42 Å². The van der Waals surface area contributed by atoms with Gasteiger partial charge in [0, 0.05) is 23.1 Å². The Morgan fingerprint density at radius 1 is 1.05 bits per heavy atom. The molecule has 0 aliphatic carbocycles. The number of rotatable bonds is 11. The van der Waals surface area contributed by atoms with E-state index in [1.807, 2.05) is 41.8 Å². The van der Waals surface area contributed by atoms with Crippen molar-refractivity contribution in [2.24, 2.45) is 11.8 Å². The lowest BCUT2D eigenvalue weighted by Gasteiger charge is -2.38. The van der Waals surface area contributed by atoms with Crippen LogP contribution in [0.3, 0.4) is 0 Å². The van der Waals surface area contributed by atoms with Gasteiger partial charge < -0.3 is 14.6 Å². The minimum atomic E-state index is -0.465. The Morgan fingerprint density at radius 2 is 1.62 bits per heavy atom. The SMILES string of the molecule is C[B]C(O)[C@H](CC)[C@H](OC(C)C)C(COC(C)C)C(C)S. The Bertz CT molecular complexity index is 262. The van der Waals surface area contributed by atoms with E-state index in [1.165, 1.54) is 0 Å². The molecule has 0 saturated heterocycles. The van der Waals surface area contributed by atoms with Gasteiger partial charge in [-0.05, 0) is 34.1 Å². The average molecular weight is 317 g/mol. The first-order chi connectivity index (χ1) is 9.74. The minimum absolute atomic E-state index is 0.0625. The second-order valence-electron chi connectivity index (χ2n) is 6.33. The third-order valence-corrected chi connectivity index (χ3v) is 4.15. The zero-order valence-corrected chi connectivity index (χ0v) is 15.6. The monoisotopic (exact) mass is 317 g/mol. The summed E-state index contributed by atoms with van der Waals surface area (Å²) < 4.78 is 12.0. The van der Waals surface area contributed by atoms with Crippen molar-refractivity contribution in [3.63, 3.8) is 0 Å². The molecule has 0 aromatic carbocycles. The van der Waals surface area contributed by atoms with Crippen LogP contribution in [-0.4, -0.2) is 48.6 Å². The number of hydrogen-bond donors (Lipinski definition) is 2. The highest BCUT2D eigenvalue weighted by Crippen LogP contribution is 2.29. The van der Waals surface area contributed by atoms with Gasteiger partial charge in [0.05, 0.1) is 24.9 Å². The van der Waals surface area contributed by atoms with Gasteiger partial charge >= 0.3 is 0 Å². The van der Waals surface area contributed by atoms with Gasteiger partial charge in [0.2, 0.25) is 0 Å². The van der Waals surface area contributed by atoms with Crippen LogP contribution in [0.4, 0.5) is 0 Å². The zero-order chi connectivity index (χ0) is 16.6. The summed E-state index contributed by atoms with van der Waals surface area (Å²) in [6, 6.07) is -0.465. The Morgan fingerprint density at radius 3 is 1.95 bits per heavy atom. The Hall–Kier alpha value is 0.295. The molecule has 5 atom stereocenters. The molecule has 3 unspecified atom stereocenters. The number of ether oxygens (including phenoxy) is 2. The molecule has 0 bridgehead atoms. The molecule has 0 spiro atoms. The molecular weight excluding hydrogens is 283 g/mol. The van der Waals surface area contributed by atoms with Crippen molar-refractivity contribution in [2.75, 3.05) is 6.61 Å². The van der Waals surface area contributed by atoms with E-state index in [2.05, 4.69) is 26.5 Å². The van der Waals surface area contributed by atoms with E-state index in [0.29, 0.717) is 6.61 Å². The van der Waals surface area contributed by atoms with Gasteiger partial charge in [0.15, 0.2) is 0 Å². The predicted octanol–water partition coefficient (Wildman–Crippen LogP) is 3.24. The quantitative estimate of drug-likeness (QED) is 0.454. The van der Waals surface area contributed by atoms with Crippen LogP contribution < -0.4 is 0 Å². The lowest BCUT2D eigenvalue weighted by atomic mass is 9.65. The Labute approximate surface area is 137 Å². The standard InChI is InChI=1S/C16H34BO3S/c1-8-13(16(18)17-7)15(20-11(4)5)14(12(6)21)9-19-10(2)3/h10-16,18,21H,8-9H2,1-7H3/t12?,13-,14?,15+,16?/m1/s1. The molecule has 0 saturated carbocycles. The highest BCUT2D eigenvalue weighted by atomic mass is 32.1. The smallest absolute Gasteiger partial charge is 0.146 e. The third-order valence-electron chi connectivity index (χ3n) is 3.77. The van der Waals surface area contributed by atoms with Gasteiger partial charge in [-0.15, -0.1) is 0 Å². The van der Waals surface area contributed by atoms with Crippen LogP contribution in [-0.2, 0) is 9.47 Å². The molecule has 0 fully saturated rings. The summed E-state index contributed by atoms with van der Waals surface area (Å²) in [5.74, 6) is 0.213. The molecule has 21 heavy (non-hydrogen) atoms. The molecule has 0 aromatic rings. The number of hydrogen-bond acceptors (Lipinski definition) is 4. The fourth-order valence-electron chi connectivity index (χ4n) is 2.56. The van der Waals surface area contributed by atoms with Crippen LogP contribution in [0.2, 0.25) is 6.82 Å². The second-order valence-corrected chi connectivity index (χ2v) is 7.15. The first kappa shape index (κ1) is 21.3. The summed E-state index contributed by atoms with van der Waals surface area (Å²) in [6.07, 6.45) is 1.10. The Kier molecular flexibility index (Phi) is 11.1. The van der Waals surface area contributed by atoms with Gasteiger partial charge in [0.25, 0.3) is 0 Å². The van der Waals surface area contributed by atoms with Gasteiger partial charge in [-0.3, -0.25) is 0 Å². The first-order valence-electron chi connectivity index (χ1n) is 8.17. The number of thiol groups is 1. The lowest BCUT2D eigenvalue weighted by molar-refractivity contribution is -0.0993. The predicted molar refractivity (Wildman–Crippen MR) is 94.4 cm³/mol. The second kappa shape index (κ2) is 10.9. The van der Waals surface area contributed by atoms with E-state index in [1.54, 1.807) is 0 Å². The first-order valence-corrected chi connectivity index (χ1v) is 8.68. The van der Waals surface area contributed by atoms with E-state index in [-0.39, 0.29) is 35.4 Å². The van der Waals surface area contributed by atoms with Gasteiger partial charge in [-0.2, -0.15) is 12.6 Å². The summed E-state index contributed by atoms with van der Waals surface area (Å²) in [6.45, 7) is 14.8. The van der Waals surface area contributed by atoms with Gasteiger partial charge in [0.1, 0.15) is 7.28 Å². The van der Waals surface area contributed by atoms with Crippen LogP contribution in [0, 0.1) is 11.8 Å². The highest BCUT2D eigenvalue weighted by molar-refractivity contribution is 7.80. The summed E-state index contributed by atoms with van der Waals surface area (Å²) in [4.78, 5) is 0. The van der Waals surface area contributed by atoms with Crippen molar-refractivity contribution in [1.29, 1.82) is 0 Å². The maximum Gasteiger partial charge on any atom is 0.146 e. The molecular formula is C16H34BO3S. The van der Waals surface area contributed by atoms with Gasteiger partial charge in [-0.25, -0.2) is 0 Å². The summed E-state index contributed by atoms with van der Waals surface area (Å²) in [7, 11) is 1.84. The van der Waals surface area contributed by atoms with Crippen LogP contribution in [0.15, 0.2) is 0 Å². The molecule has 125 valence electrons. The van der Waals surface area contributed by atoms with Crippen LogP contribution >= 0.6 is 12.6 Å². The molecule has 0 amide bonds. The van der Waals surface area contributed by atoms with Crippen molar-refractivity contribution in [3.8, 4) is 0 Å². The summed E-state index contributed by atoms with van der Waals surface area (Å²) in [5, 5.41) is 10.5. The molecule has 0 heterocycles. The topological polar surface area (TPSA) is 38.7 Å². The van der Waals surface area contributed by atoms with Crippen LogP contribution in [0.1, 0.15) is 48.0 Å². The normalized spacial score (nSPS) is 19.4. The van der Waals surface area contributed by atoms with Crippen molar-refractivity contribution in [3.05, 3.63) is 0 Å². The lowest BCUT2D eigenvalue weighted by Crippen LogP contribution is -2.46. The maximum absolute atomic E-state index is 10.3.